The molecule has 0 bridgehead atoms. The summed E-state index contributed by atoms with van der Waals surface area (Å²) >= 11 is 0. The highest BCUT2D eigenvalue weighted by Gasteiger charge is 1.96. The van der Waals surface area contributed by atoms with Crippen molar-refractivity contribution in [3.63, 3.8) is 0 Å². The highest BCUT2D eigenvalue weighted by molar-refractivity contribution is 6.57. The van der Waals surface area contributed by atoms with Crippen molar-refractivity contribution in [1.82, 2.24) is 0 Å². The maximum absolute atomic E-state index is 5.62. The molecule has 0 aromatic heterocycles. The van der Waals surface area contributed by atoms with Crippen molar-refractivity contribution < 1.29 is 4.12 Å². The molecule has 0 aromatic rings. The minimum atomic E-state index is -0.637. The normalized spacial score (nSPS) is 15.4. The van der Waals surface area contributed by atoms with E-state index in [1.54, 1.807) is 0 Å². The molecule has 0 N–H and O–H groups in total. The fourth-order valence-electron chi connectivity index (χ4n) is 0.437. The average molecular weight is 148 g/mol. The van der Waals surface area contributed by atoms with E-state index in [1.807, 2.05) is 0 Å². The van der Waals surface area contributed by atoms with Gasteiger partial charge in [0.15, 0.2) is 9.04 Å². The lowest BCUT2D eigenvalue weighted by Crippen LogP contribution is -2.13. The van der Waals surface area contributed by atoms with Crippen LogP contribution in [0, 0.1) is 0 Å². The van der Waals surface area contributed by atoms with E-state index in [9.17, 15) is 0 Å². The van der Waals surface area contributed by atoms with Crippen LogP contribution in [0.25, 0.3) is 0 Å². The summed E-state index contributed by atoms with van der Waals surface area (Å²) < 4.78 is 5.62. The Morgan fingerprint density at radius 2 is 2.12 bits per heavy atom. The second-order valence-corrected chi connectivity index (χ2v) is 7.27. The molecule has 0 amide bonds. The first-order valence-electron chi connectivity index (χ1n) is 3.42. The van der Waals surface area contributed by atoms with E-state index in [4.69, 9.17) is 4.12 Å². The fraction of sp³-hybridized carbons (Fsp3) is 1.00. The minimum Gasteiger partial charge on any atom is -0.463 e. The smallest absolute Gasteiger partial charge is 0.159 e. The van der Waals surface area contributed by atoms with Gasteiger partial charge in [0.05, 0.1) is 0 Å². The average Bonchev–Trinajstić information content (AvgIpc) is 1.83. The standard InChI is InChI=1S/C5H16OSi2/c1-4-7-6-8(3)5-2/h8H,4-5,7H2,1-3H3. The van der Waals surface area contributed by atoms with E-state index in [1.165, 1.54) is 12.1 Å². The number of hydrogen-bond donors (Lipinski definition) is 0. The molecule has 0 saturated heterocycles. The van der Waals surface area contributed by atoms with Gasteiger partial charge in [-0.3, -0.25) is 0 Å². The summed E-state index contributed by atoms with van der Waals surface area (Å²) in [5.74, 6) is 0. The zero-order valence-electron chi connectivity index (χ0n) is 6.11. The third kappa shape index (κ3) is 4.55. The second-order valence-electron chi connectivity index (χ2n) is 2.09. The largest absolute Gasteiger partial charge is 0.463 e. The molecule has 1 nitrogen and oxygen atoms in total. The maximum Gasteiger partial charge on any atom is 0.159 e. The third-order valence-electron chi connectivity index (χ3n) is 1.18. The SMILES string of the molecule is CC[SiH2]O[SiH](C)CC. The summed E-state index contributed by atoms with van der Waals surface area (Å²) in [4.78, 5) is 0. The Morgan fingerprint density at radius 1 is 1.50 bits per heavy atom. The molecule has 0 heterocycles. The highest BCUT2D eigenvalue weighted by atomic mass is 28.3. The molecule has 0 radical (unpaired) electrons. The second kappa shape index (κ2) is 5.53. The zero-order valence-corrected chi connectivity index (χ0v) is 8.68. The van der Waals surface area contributed by atoms with Crippen molar-refractivity contribution in [2.24, 2.45) is 0 Å². The molecule has 0 aromatic carbocycles. The van der Waals surface area contributed by atoms with Crippen molar-refractivity contribution in [1.29, 1.82) is 0 Å². The summed E-state index contributed by atoms with van der Waals surface area (Å²) in [6, 6.07) is 2.60. The van der Waals surface area contributed by atoms with Crippen molar-refractivity contribution in [3.05, 3.63) is 0 Å². The van der Waals surface area contributed by atoms with E-state index >= 15 is 0 Å². The van der Waals surface area contributed by atoms with Gasteiger partial charge in [-0.15, -0.1) is 0 Å². The fourth-order valence-corrected chi connectivity index (χ4v) is 3.93. The lowest BCUT2D eigenvalue weighted by atomic mass is 11.0. The topological polar surface area (TPSA) is 9.23 Å². The van der Waals surface area contributed by atoms with Crippen molar-refractivity contribution in [2.75, 3.05) is 0 Å². The minimum absolute atomic E-state index is 0.0750. The van der Waals surface area contributed by atoms with Crippen LogP contribution in [0.15, 0.2) is 0 Å². The van der Waals surface area contributed by atoms with Crippen LogP contribution in [-0.2, 0) is 4.12 Å². The van der Waals surface area contributed by atoms with Crippen molar-refractivity contribution in [2.45, 2.75) is 32.5 Å². The summed E-state index contributed by atoms with van der Waals surface area (Å²) in [5, 5.41) is 0. The van der Waals surface area contributed by atoms with E-state index in [-0.39, 0.29) is 9.76 Å². The van der Waals surface area contributed by atoms with Gasteiger partial charge in [-0.2, -0.15) is 0 Å². The molecule has 8 heavy (non-hydrogen) atoms. The Balaban J connectivity index is 2.86. The summed E-state index contributed by atoms with van der Waals surface area (Å²) in [6.45, 7) is 6.71. The van der Waals surface area contributed by atoms with Crippen molar-refractivity contribution >= 4 is 18.8 Å². The Labute approximate surface area is 56.1 Å². The van der Waals surface area contributed by atoms with Crippen LogP contribution in [0.4, 0.5) is 0 Å². The predicted molar refractivity (Wildman–Crippen MR) is 43.6 cm³/mol. The van der Waals surface area contributed by atoms with Crippen LogP contribution >= 0.6 is 0 Å². The molecule has 0 rings (SSSR count). The van der Waals surface area contributed by atoms with Gasteiger partial charge in [-0.1, -0.05) is 13.8 Å². The Hall–Kier alpha value is 0.394. The molecule has 0 spiro atoms. The van der Waals surface area contributed by atoms with Gasteiger partial charge < -0.3 is 4.12 Å². The molecular formula is C5H16OSi2. The van der Waals surface area contributed by atoms with E-state index in [0.29, 0.717) is 0 Å². The van der Waals surface area contributed by atoms with Crippen LogP contribution in [0.2, 0.25) is 18.6 Å². The van der Waals surface area contributed by atoms with Crippen LogP contribution in [0.5, 0.6) is 0 Å². The van der Waals surface area contributed by atoms with Crippen molar-refractivity contribution in [3.8, 4) is 0 Å². The van der Waals surface area contributed by atoms with Gasteiger partial charge in [0, 0.05) is 0 Å². The van der Waals surface area contributed by atoms with E-state index in [2.05, 4.69) is 20.4 Å². The molecule has 0 fully saturated rings. The number of rotatable bonds is 4. The maximum atomic E-state index is 5.62. The summed E-state index contributed by atoms with van der Waals surface area (Å²) in [6.07, 6.45) is 0. The molecule has 0 aliphatic heterocycles. The lowest BCUT2D eigenvalue weighted by molar-refractivity contribution is 0.614. The molecule has 0 aliphatic rings. The predicted octanol–water partition coefficient (Wildman–Crippen LogP) is 0.898. The quantitative estimate of drug-likeness (QED) is 0.538. The third-order valence-corrected chi connectivity index (χ3v) is 5.96. The molecule has 1 atom stereocenters. The van der Waals surface area contributed by atoms with Crippen LogP contribution in [0.3, 0.4) is 0 Å². The van der Waals surface area contributed by atoms with Crippen LogP contribution < -0.4 is 0 Å². The summed E-state index contributed by atoms with van der Waals surface area (Å²) in [5.41, 5.74) is 0. The molecule has 0 aliphatic carbocycles. The summed E-state index contributed by atoms with van der Waals surface area (Å²) in [7, 11) is -0.712. The molecule has 0 saturated carbocycles. The Morgan fingerprint density at radius 3 is 2.50 bits per heavy atom. The molecule has 50 valence electrons. The highest BCUT2D eigenvalue weighted by Crippen LogP contribution is 1.91. The lowest BCUT2D eigenvalue weighted by Gasteiger charge is -2.06. The number of hydrogen-bond acceptors (Lipinski definition) is 1. The van der Waals surface area contributed by atoms with Gasteiger partial charge in [0.25, 0.3) is 0 Å². The first-order chi connectivity index (χ1) is 3.81. The van der Waals surface area contributed by atoms with Crippen LogP contribution in [-0.4, -0.2) is 18.8 Å². The van der Waals surface area contributed by atoms with E-state index < -0.39 is 9.04 Å². The first kappa shape index (κ1) is 8.39. The van der Waals surface area contributed by atoms with Gasteiger partial charge in [-0.05, 0) is 18.6 Å². The van der Waals surface area contributed by atoms with Gasteiger partial charge >= 0.3 is 0 Å². The van der Waals surface area contributed by atoms with Gasteiger partial charge in [0.2, 0.25) is 0 Å². The van der Waals surface area contributed by atoms with Gasteiger partial charge in [0.1, 0.15) is 9.76 Å². The Bertz CT molecular complexity index is 49.7. The zero-order chi connectivity index (χ0) is 6.41. The van der Waals surface area contributed by atoms with E-state index in [0.717, 1.165) is 0 Å². The van der Waals surface area contributed by atoms with Gasteiger partial charge in [-0.25, -0.2) is 0 Å². The Kier molecular flexibility index (Phi) is 5.80. The molecule has 3 heteroatoms. The monoisotopic (exact) mass is 148 g/mol. The first-order valence-corrected chi connectivity index (χ1v) is 7.44. The van der Waals surface area contributed by atoms with Crippen LogP contribution in [0.1, 0.15) is 13.8 Å². The molecular weight excluding hydrogens is 132 g/mol. The molecule has 1 unspecified atom stereocenters.